The maximum atomic E-state index is 11.7. The molecule has 6 heteroatoms. The second-order valence-corrected chi connectivity index (χ2v) is 9.27. The highest BCUT2D eigenvalue weighted by Crippen LogP contribution is 2.14. The zero-order valence-electron chi connectivity index (χ0n) is 19.9. The second kappa shape index (κ2) is 22.4. The fraction of sp³-hybridized carbons (Fsp3) is 0.833. The molecule has 0 aromatic carbocycles. The van der Waals surface area contributed by atoms with Crippen LogP contribution in [0.3, 0.4) is 0 Å². The largest absolute Gasteiger partial charge is 0.448 e. The summed E-state index contributed by atoms with van der Waals surface area (Å²) in [6, 6.07) is 0. The standard InChI is InChI=1S/C24H47NO4Si/c1-3-5-6-7-8-9-10-11-12-13-14-15-16-17-18-19-20-21-22(30)23(26)29-25-24(27)28-4-2/h21H,3-20H2,1-2,30H3,(H,25,27). The lowest BCUT2D eigenvalue weighted by molar-refractivity contribution is -0.144. The molecule has 30 heavy (non-hydrogen) atoms. The zero-order chi connectivity index (χ0) is 22.3. The number of carbonyl (C=O) groups excluding carboxylic acids is 2. The lowest BCUT2D eigenvalue weighted by atomic mass is 10.0. The number of hydrogen-bond acceptors (Lipinski definition) is 4. The lowest BCUT2D eigenvalue weighted by Gasteiger charge is -2.05. The summed E-state index contributed by atoms with van der Waals surface area (Å²) in [5.41, 5.74) is 1.99. The van der Waals surface area contributed by atoms with Crippen molar-refractivity contribution in [2.45, 2.75) is 123 Å². The highest BCUT2D eigenvalue weighted by molar-refractivity contribution is 6.35. The number of unbranched alkanes of at least 4 members (excludes halogenated alkanes) is 16. The molecule has 0 aromatic rings. The molecule has 0 radical (unpaired) electrons. The summed E-state index contributed by atoms with van der Waals surface area (Å²) in [7, 11) is 0.601. The van der Waals surface area contributed by atoms with Crippen molar-refractivity contribution >= 4 is 22.3 Å². The van der Waals surface area contributed by atoms with E-state index in [9.17, 15) is 9.59 Å². The Balaban J connectivity index is 3.38. The molecule has 5 nitrogen and oxygen atoms in total. The van der Waals surface area contributed by atoms with Gasteiger partial charge in [0.1, 0.15) is 0 Å². The van der Waals surface area contributed by atoms with Gasteiger partial charge in [-0.3, -0.25) is 0 Å². The molecule has 0 bridgehead atoms. The van der Waals surface area contributed by atoms with Crippen molar-refractivity contribution < 1.29 is 19.2 Å². The summed E-state index contributed by atoms with van der Waals surface area (Å²) in [4.78, 5) is 27.5. The first kappa shape index (κ1) is 28.7. The van der Waals surface area contributed by atoms with Gasteiger partial charge in [-0.15, -0.1) is 5.48 Å². The topological polar surface area (TPSA) is 64.6 Å². The first-order valence-electron chi connectivity index (χ1n) is 12.4. The summed E-state index contributed by atoms with van der Waals surface area (Å²) >= 11 is 0. The first-order chi connectivity index (χ1) is 14.6. The summed E-state index contributed by atoms with van der Waals surface area (Å²) in [5.74, 6) is -0.480. The Morgan fingerprint density at radius 1 is 0.733 bits per heavy atom. The van der Waals surface area contributed by atoms with Crippen LogP contribution in [0.2, 0.25) is 0 Å². The fourth-order valence-corrected chi connectivity index (χ4v) is 3.81. The van der Waals surface area contributed by atoms with Crippen molar-refractivity contribution in [2.24, 2.45) is 0 Å². The van der Waals surface area contributed by atoms with Crippen molar-refractivity contribution in [3.05, 3.63) is 11.3 Å². The van der Waals surface area contributed by atoms with E-state index in [2.05, 4.69) is 11.7 Å². The van der Waals surface area contributed by atoms with Crippen LogP contribution in [0.5, 0.6) is 0 Å². The molecule has 0 atom stereocenters. The Kier molecular flexibility index (Phi) is 21.4. The van der Waals surface area contributed by atoms with E-state index in [1.165, 1.54) is 96.3 Å². The molecule has 0 saturated carbocycles. The summed E-state index contributed by atoms with van der Waals surface area (Å²) < 4.78 is 4.63. The van der Waals surface area contributed by atoms with Gasteiger partial charge >= 0.3 is 12.1 Å². The van der Waals surface area contributed by atoms with E-state index in [1.807, 2.05) is 11.6 Å². The van der Waals surface area contributed by atoms with Crippen LogP contribution >= 0.6 is 0 Å². The third kappa shape index (κ3) is 20.0. The summed E-state index contributed by atoms with van der Waals surface area (Å²) in [5, 5.41) is 0.646. The molecule has 0 rings (SSSR count). The Bertz CT molecular complexity index is 454. The van der Waals surface area contributed by atoms with Gasteiger partial charge in [-0.1, -0.05) is 109 Å². The molecule has 0 aliphatic rings. The molecule has 1 amide bonds. The first-order valence-corrected chi connectivity index (χ1v) is 13.4. The number of hydroxylamine groups is 1. The highest BCUT2D eigenvalue weighted by Gasteiger charge is 2.08. The summed E-state index contributed by atoms with van der Waals surface area (Å²) in [6.07, 6.45) is 23.8. The van der Waals surface area contributed by atoms with Gasteiger partial charge in [-0.05, 0) is 19.8 Å². The van der Waals surface area contributed by atoms with Crippen LogP contribution in [-0.2, 0) is 14.4 Å². The minimum absolute atomic E-state index is 0.242. The van der Waals surface area contributed by atoms with Gasteiger partial charge in [0.05, 0.1) is 6.61 Å². The van der Waals surface area contributed by atoms with Gasteiger partial charge in [-0.2, -0.15) is 0 Å². The SMILES string of the molecule is CCCCCCCCCCCCCCCCCCC=C([SiH3])C(=O)ONC(=O)OCC. The maximum Gasteiger partial charge on any atom is 0.440 e. The molecule has 1 N–H and O–H groups in total. The van der Waals surface area contributed by atoms with E-state index in [0.29, 0.717) is 15.4 Å². The smallest absolute Gasteiger partial charge is 0.440 e. The number of nitrogens with one attached hydrogen (secondary N) is 1. The minimum atomic E-state index is -0.738. The molecule has 176 valence electrons. The third-order valence-electron chi connectivity index (χ3n) is 5.33. The van der Waals surface area contributed by atoms with E-state index in [4.69, 9.17) is 4.84 Å². The molecule has 0 aromatic heterocycles. The van der Waals surface area contributed by atoms with Crippen LogP contribution in [0.15, 0.2) is 11.3 Å². The highest BCUT2D eigenvalue weighted by atomic mass is 28.1. The van der Waals surface area contributed by atoms with Gasteiger partial charge < -0.3 is 9.57 Å². The lowest BCUT2D eigenvalue weighted by Crippen LogP contribution is -2.28. The number of ether oxygens (including phenoxy) is 1. The van der Waals surface area contributed by atoms with Crippen LogP contribution in [0.4, 0.5) is 4.79 Å². The minimum Gasteiger partial charge on any atom is -0.448 e. The van der Waals surface area contributed by atoms with Crippen molar-refractivity contribution in [1.29, 1.82) is 0 Å². The van der Waals surface area contributed by atoms with Crippen LogP contribution < -0.4 is 5.48 Å². The monoisotopic (exact) mass is 441 g/mol. The van der Waals surface area contributed by atoms with Crippen LogP contribution in [0, 0.1) is 0 Å². The molecule has 0 aliphatic carbocycles. The Labute approximate surface area is 188 Å². The van der Waals surface area contributed by atoms with E-state index >= 15 is 0 Å². The molecule has 0 spiro atoms. The van der Waals surface area contributed by atoms with Crippen LogP contribution in [0.1, 0.15) is 123 Å². The Hall–Kier alpha value is -1.30. The number of allylic oxidation sites excluding steroid dienone is 1. The molecule has 0 unspecified atom stereocenters. The van der Waals surface area contributed by atoms with Gasteiger partial charge in [0.25, 0.3) is 0 Å². The average molecular weight is 442 g/mol. The number of rotatable bonds is 19. The van der Waals surface area contributed by atoms with Gasteiger partial charge in [0, 0.05) is 15.4 Å². The van der Waals surface area contributed by atoms with E-state index < -0.39 is 12.1 Å². The molecular formula is C24H47NO4Si. The van der Waals surface area contributed by atoms with Gasteiger partial charge in [0.2, 0.25) is 0 Å². The number of amides is 1. The van der Waals surface area contributed by atoms with E-state index in [1.54, 1.807) is 6.92 Å². The quantitative estimate of drug-likeness (QED) is 0.114. The zero-order valence-corrected chi connectivity index (χ0v) is 21.9. The Morgan fingerprint density at radius 2 is 1.17 bits per heavy atom. The van der Waals surface area contributed by atoms with E-state index in [0.717, 1.165) is 12.8 Å². The van der Waals surface area contributed by atoms with Crippen molar-refractivity contribution in [2.75, 3.05) is 6.61 Å². The van der Waals surface area contributed by atoms with Gasteiger partial charge in [0.15, 0.2) is 0 Å². The molecule has 0 saturated heterocycles. The third-order valence-corrected chi connectivity index (χ3v) is 6.15. The summed E-state index contributed by atoms with van der Waals surface area (Å²) in [6.45, 7) is 4.21. The van der Waals surface area contributed by atoms with E-state index in [-0.39, 0.29) is 6.61 Å². The fourth-order valence-electron chi connectivity index (χ4n) is 3.42. The Morgan fingerprint density at radius 3 is 1.60 bits per heavy atom. The molecule has 0 fully saturated rings. The predicted octanol–water partition coefficient (Wildman–Crippen LogP) is 6.09. The number of hydrogen-bond donors (Lipinski definition) is 1. The maximum absolute atomic E-state index is 11.7. The molecule has 0 aliphatic heterocycles. The van der Waals surface area contributed by atoms with Gasteiger partial charge in [-0.25, -0.2) is 9.59 Å². The number of carbonyl (C=O) groups is 2. The molecular weight excluding hydrogens is 394 g/mol. The second-order valence-electron chi connectivity index (χ2n) is 8.19. The normalized spacial score (nSPS) is 11.5. The van der Waals surface area contributed by atoms with Crippen molar-refractivity contribution in [1.82, 2.24) is 5.48 Å². The van der Waals surface area contributed by atoms with Crippen LogP contribution in [0.25, 0.3) is 0 Å². The predicted molar refractivity (Wildman–Crippen MR) is 128 cm³/mol. The average Bonchev–Trinajstić information content (AvgIpc) is 2.74. The molecule has 0 heterocycles. The van der Waals surface area contributed by atoms with Crippen LogP contribution in [-0.4, -0.2) is 28.9 Å². The van der Waals surface area contributed by atoms with Crippen molar-refractivity contribution in [3.8, 4) is 0 Å². The van der Waals surface area contributed by atoms with Crippen molar-refractivity contribution in [3.63, 3.8) is 0 Å².